The van der Waals surface area contributed by atoms with E-state index in [1.807, 2.05) is 0 Å². The molecule has 0 aliphatic heterocycles. The summed E-state index contributed by atoms with van der Waals surface area (Å²) in [5, 5.41) is 0. The topological polar surface area (TPSA) is 55.8 Å². The molecule has 0 saturated heterocycles. The van der Waals surface area contributed by atoms with Crippen LogP contribution < -0.4 is 0 Å². The fourth-order valence-corrected chi connectivity index (χ4v) is 0.996. The highest BCUT2D eigenvalue weighted by molar-refractivity contribution is 5.90. The monoisotopic (exact) mass is 241 g/mol. The van der Waals surface area contributed by atoms with E-state index in [1.165, 1.54) is 11.8 Å². The first-order valence-corrected chi connectivity index (χ1v) is 5.19. The van der Waals surface area contributed by atoms with E-state index in [-0.39, 0.29) is 18.3 Å². The molecule has 1 amide bonds. The zero-order chi connectivity index (χ0) is 13.4. The van der Waals surface area contributed by atoms with Crippen LogP contribution in [0, 0.1) is 0 Å². The highest BCUT2D eigenvalue weighted by atomic mass is 16.7. The molecule has 0 spiro atoms. The van der Waals surface area contributed by atoms with Crippen molar-refractivity contribution < 1.29 is 19.1 Å². The molecular weight excluding hydrogens is 222 g/mol. The van der Waals surface area contributed by atoms with E-state index in [0.29, 0.717) is 6.61 Å². The molecule has 0 fully saturated rings. The Labute approximate surface area is 102 Å². The Morgan fingerprint density at radius 1 is 1.47 bits per heavy atom. The SMILES string of the molecule is C=CCOCOC(=O)C(=C)C(C)N(C)C(C)=O. The van der Waals surface area contributed by atoms with Gasteiger partial charge in [-0.2, -0.15) is 0 Å². The summed E-state index contributed by atoms with van der Waals surface area (Å²) in [5.74, 6) is -0.719. The predicted molar refractivity (Wildman–Crippen MR) is 64.2 cm³/mol. The second-order valence-electron chi connectivity index (χ2n) is 3.54. The minimum atomic E-state index is -0.574. The Hall–Kier alpha value is -1.62. The lowest BCUT2D eigenvalue weighted by Crippen LogP contribution is -2.36. The van der Waals surface area contributed by atoms with Gasteiger partial charge >= 0.3 is 5.97 Å². The van der Waals surface area contributed by atoms with Crippen LogP contribution in [0.4, 0.5) is 0 Å². The number of ether oxygens (including phenoxy) is 2. The quantitative estimate of drug-likeness (QED) is 0.220. The molecule has 0 aromatic carbocycles. The number of amides is 1. The summed E-state index contributed by atoms with van der Waals surface area (Å²) in [7, 11) is 1.60. The maximum absolute atomic E-state index is 11.5. The third kappa shape index (κ3) is 5.31. The maximum Gasteiger partial charge on any atom is 0.337 e. The van der Waals surface area contributed by atoms with Crippen molar-refractivity contribution in [3.63, 3.8) is 0 Å². The van der Waals surface area contributed by atoms with Crippen molar-refractivity contribution in [2.24, 2.45) is 0 Å². The fraction of sp³-hybridized carbons (Fsp3) is 0.500. The smallest absolute Gasteiger partial charge is 0.337 e. The molecule has 0 heterocycles. The van der Waals surface area contributed by atoms with Crippen molar-refractivity contribution in [3.05, 3.63) is 24.8 Å². The van der Waals surface area contributed by atoms with Gasteiger partial charge in [-0.15, -0.1) is 6.58 Å². The molecule has 0 N–H and O–H groups in total. The van der Waals surface area contributed by atoms with Gasteiger partial charge in [0.05, 0.1) is 18.2 Å². The van der Waals surface area contributed by atoms with Crippen LogP contribution >= 0.6 is 0 Å². The second kappa shape index (κ2) is 7.62. The van der Waals surface area contributed by atoms with E-state index in [2.05, 4.69) is 13.2 Å². The molecule has 0 aromatic rings. The Balaban J connectivity index is 4.16. The number of hydrogen-bond donors (Lipinski definition) is 0. The van der Waals surface area contributed by atoms with E-state index in [4.69, 9.17) is 9.47 Å². The lowest BCUT2D eigenvalue weighted by molar-refractivity contribution is -0.151. The van der Waals surface area contributed by atoms with Gasteiger partial charge in [0.25, 0.3) is 0 Å². The van der Waals surface area contributed by atoms with Crippen LogP contribution in [0.1, 0.15) is 13.8 Å². The zero-order valence-electron chi connectivity index (χ0n) is 10.6. The summed E-state index contributed by atoms with van der Waals surface area (Å²) < 4.78 is 9.72. The zero-order valence-corrected chi connectivity index (χ0v) is 10.6. The molecule has 0 aliphatic carbocycles. The lowest BCUT2D eigenvalue weighted by atomic mass is 10.1. The number of esters is 1. The average Bonchev–Trinajstić information content (AvgIpc) is 2.31. The van der Waals surface area contributed by atoms with Gasteiger partial charge in [-0.05, 0) is 6.92 Å². The standard InChI is InChI=1S/C12H19NO4/c1-6-7-16-8-17-12(15)9(2)10(3)13(5)11(4)14/h6,10H,1-2,7-8H2,3-5H3. The molecule has 0 bridgehead atoms. The van der Waals surface area contributed by atoms with E-state index in [1.54, 1.807) is 20.0 Å². The van der Waals surface area contributed by atoms with Gasteiger partial charge in [0, 0.05) is 14.0 Å². The molecule has 1 unspecified atom stereocenters. The maximum atomic E-state index is 11.5. The van der Waals surface area contributed by atoms with Crippen molar-refractivity contribution in [1.82, 2.24) is 4.90 Å². The molecular formula is C12H19NO4. The first-order chi connectivity index (χ1) is 7.91. The van der Waals surface area contributed by atoms with Crippen molar-refractivity contribution in [3.8, 4) is 0 Å². The van der Waals surface area contributed by atoms with Crippen LogP contribution in [0.2, 0.25) is 0 Å². The van der Waals surface area contributed by atoms with E-state index >= 15 is 0 Å². The molecule has 17 heavy (non-hydrogen) atoms. The summed E-state index contributed by atoms with van der Waals surface area (Å²) in [4.78, 5) is 24.0. The first kappa shape index (κ1) is 15.4. The largest absolute Gasteiger partial charge is 0.435 e. The van der Waals surface area contributed by atoms with Crippen LogP contribution in [-0.4, -0.2) is 43.3 Å². The fourth-order valence-electron chi connectivity index (χ4n) is 0.996. The number of likely N-dealkylation sites (N-methyl/N-ethyl adjacent to an activating group) is 1. The van der Waals surface area contributed by atoms with Crippen LogP contribution in [0.15, 0.2) is 24.8 Å². The molecule has 0 aliphatic rings. The van der Waals surface area contributed by atoms with Crippen LogP contribution in [0.3, 0.4) is 0 Å². The highest BCUT2D eigenvalue weighted by Gasteiger charge is 2.21. The lowest BCUT2D eigenvalue weighted by Gasteiger charge is -2.24. The summed E-state index contributed by atoms with van der Waals surface area (Å²) in [6.07, 6.45) is 1.55. The summed E-state index contributed by atoms with van der Waals surface area (Å²) in [6.45, 7) is 10.3. The van der Waals surface area contributed by atoms with Gasteiger partial charge in [0.15, 0.2) is 6.79 Å². The van der Waals surface area contributed by atoms with E-state index < -0.39 is 12.0 Å². The third-order valence-electron chi connectivity index (χ3n) is 2.35. The Kier molecular flexibility index (Phi) is 6.89. The van der Waals surface area contributed by atoms with E-state index in [9.17, 15) is 9.59 Å². The van der Waals surface area contributed by atoms with Crippen molar-refractivity contribution >= 4 is 11.9 Å². The van der Waals surface area contributed by atoms with E-state index in [0.717, 1.165) is 0 Å². The van der Waals surface area contributed by atoms with Gasteiger partial charge in [0.2, 0.25) is 5.91 Å². The second-order valence-corrected chi connectivity index (χ2v) is 3.54. The Morgan fingerprint density at radius 3 is 2.53 bits per heavy atom. The molecule has 0 saturated carbocycles. The highest BCUT2D eigenvalue weighted by Crippen LogP contribution is 2.08. The van der Waals surface area contributed by atoms with Crippen molar-refractivity contribution in [2.45, 2.75) is 19.9 Å². The predicted octanol–water partition coefficient (Wildman–Crippen LogP) is 1.11. The Morgan fingerprint density at radius 2 is 2.06 bits per heavy atom. The number of carbonyl (C=O) groups excluding carboxylic acids is 2. The number of hydrogen-bond acceptors (Lipinski definition) is 4. The third-order valence-corrected chi connectivity index (χ3v) is 2.35. The van der Waals surface area contributed by atoms with Gasteiger partial charge in [0.1, 0.15) is 0 Å². The molecule has 5 nitrogen and oxygen atoms in total. The van der Waals surface area contributed by atoms with Crippen molar-refractivity contribution in [1.29, 1.82) is 0 Å². The van der Waals surface area contributed by atoms with Gasteiger partial charge in [-0.3, -0.25) is 4.79 Å². The van der Waals surface area contributed by atoms with Gasteiger partial charge in [-0.25, -0.2) is 4.79 Å². The molecule has 96 valence electrons. The van der Waals surface area contributed by atoms with Gasteiger partial charge in [-0.1, -0.05) is 12.7 Å². The van der Waals surface area contributed by atoms with Gasteiger partial charge < -0.3 is 14.4 Å². The molecule has 0 radical (unpaired) electrons. The molecule has 5 heteroatoms. The molecule has 0 aromatic heterocycles. The van der Waals surface area contributed by atoms with Crippen molar-refractivity contribution in [2.75, 3.05) is 20.4 Å². The summed E-state index contributed by atoms with van der Waals surface area (Å²) in [6, 6.07) is -0.403. The molecule has 0 rings (SSSR count). The molecule has 1 atom stereocenters. The van der Waals surface area contributed by atoms with Crippen LogP contribution in [0.25, 0.3) is 0 Å². The number of carbonyl (C=O) groups is 2. The normalized spacial score (nSPS) is 11.5. The number of rotatable bonds is 7. The average molecular weight is 241 g/mol. The van der Waals surface area contributed by atoms with Crippen LogP contribution in [0.5, 0.6) is 0 Å². The minimum absolute atomic E-state index is 0.144. The minimum Gasteiger partial charge on any atom is -0.435 e. The number of nitrogens with zero attached hydrogens (tertiary/aromatic N) is 1. The Bertz CT molecular complexity index is 312. The van der Waals surface area contributed by atoms with Crippen LogP contribution in [-0.2, 0) is 19.1 Å². The summed E-state index contributed by atoms with van der Waals surface area (Å²) >= 11 is 0. The first-order valence-electron chi connectivity index (χ1n) is 5.19. The summed E-state index contributed by atoms with van der Waals surface area (Å²) in [5.41, 5.74) is 0.213.